The van der Waals surface area contributed by atoms with Crippen molar-refractivity contribution in [3.05, 3.63) is 88.9 Å². The van der Waals surface area contributed by atoms with Crippen molar-refractivity contribution in [2.45, 2.75) is 12.2 Å². The maximum Gasteiger partial charge on any atom is 0.417 e. The molecule has 0 aliphatic carbocycles. The zero-order chi connectivity index (χ0) is 24.3. The van der Waals surface area contributed by atoms with Crippen LogP contribution in [0.4, 0.5) is 24.5 Å². The molecule has 9 heteroatoms. The number of hydrogen-bond donors (Lipinski definition) is 2. The smallest absolute Gasteiger partial charge is 0.417 e. The van der Waals surface area contributed by atoms with E-state index in [0.717, 1.165) is 23.4 Å². The van der Waals surface area contributed by atoms with Gasteiger partial charge in [-0.15, -0.1) is 0 Å². The van der Waals surface area contributed by atoms with Gasteiger partial charge in [-0.3, -0.25) is 9.69 Å². The van der Waals surface area contributed by atoms with Crippen molar-refractivity contribution in [3.63, 3.8) is 0 Å². The number of rotatable bonds is 5. The first kappa shape index (κ1) is 23.9. The number of carbonyl (C=O) groups is 1. The van der Waals surface area contributed by atoms with Crippen LogP contribution in [0.5, 0.6) is 5.75 Å². The Morgan fingerprint density at radius 1 is 0.941 bits per heavy atom. The molecule has 34 heavy (non-hydrogen) atoms. The minimum Gasteiger partial charge on any atom is -0.506 e. The van der Waals surface area contributed by atoms with Gasteiger partial charge in [0.05, 0.1) is 16.3 Å². The summed E-state index contributed by atoms with van der Waals surface area (Å²) >= 11 is 5.71. The zero-order valence-corrected chi connectivity index (χ0v) is 18.9. The molecule has 1 saturated heterocycles. The first-order valence-corrected chi connectivity index (χ1v) is 11.1. The van der Waals surface area contributed by atoms with Gasteiger partial charge >= 0.3 is 6.18 Å². The van der Waals surface area contributed by atoms with Crippen molar-refractivity contribution in [1.82, 2.24) is 4.90 Å². The van der Waals surface area contributed by atoms with Crippen LogP contribution in [0.15, 0.2) is 72.8 Å². The Bertz CT molecular complexity index is 1150. The number of benzene rings is 3. The van der Waals surface area contributed by atoms with Gasteiger partial charge in [-0.1, -0.05) is 54.1 Å². The number of para-hydroxylation sites is 2. The zero-order valence-electron chi connectivity index (χ0n) is 18.1. The quantitative estimate of drug-likeness (QED) is 0.492. The Labute approximate surface area is 200 Å². The van der Waals surface area contributed by atoms with E-state index in [9.17, 15) is 23.1 Å². The van der Waals surface area contributed by atoms with Gasteiger partial charge < -0.3 is 15.3 Å². The molecule has 4 rings (SSSR count). The first-order valence-electron chi connectivity index (χ1n) is 10.7. The Hall–Kier alpha value is -3.23. The summed E-state index contributed by atoms with van der Waals surface area (Å²) in [5, 5.41) is 12.4. The minimum absolute atomic E-state index is 0.0236. The van der Waals surface area contributed by atoms with Crippen LogP contribution in [0, 0.1) is 0 Å². The van der Waals surface area contributed by atoms with E-state index in [1.807, 2.05) is 52.3 Å². The maximum atomic E-state index is 13.3. The molecule has 1 aliphatic rings. The number of halogens is 4. The fourth-order valence-electron chi connectivity index (χ4n) is 4.15. The van der Waals surface area contributed by atoms with Crippen LogP contribution < -0.4 is 10.2 Å². The first-order chi connectivity index (χ1) is 16.2. The van der Waals surface area contributed by atoms with Crippen molar-refractivity contribution in [3.8, 4) is 5.75 Å². The number of amides is 1. The predicted molar refractivity (Wildman–Crippen MR) is 126 cm³/mol. The number of alkyl halides is 3. The third kappa shape index (κ3) is 5.29. The second kappa shape index (κ2) is 9.95. The second-order valence-corrected chi connectivity index (χ2v) is 8.41. The molecule has 1 fully saturated rings. The number of phenolic OH excluding ortho intramolecular Hbond substituents is 1. The van der Waals surface area contributed by atoms with E-state index in [1.54, 1.807) is 12.1 Å². The SMILES string of the molecule is O=C(Nc1ccc(Cl)c(C(F)(F)F)c1)[C@H](c1ccccc1)N1CCN(c2ccccc2O)CC1. The molecule has 1 atom stereocenters. The Balaban J connectivity index is 1.55. The van der Waals surface area contributed by atoms with Crippen molar-refractivity contribution >= 4 is 28.9 Å². The fraction of sp³-hybridized carbons (Fsp3) is 0.240. The molecule has 3 aromatic rings. The summed E-state index contributed by atoms with van der Waals surface area (Å²) in [5.74, 6) is -0.242. The number of nitrogens with zero attached hydrogens (tertiary/aromatic N) is 2. The van der Waals surface area contributed by atoms with Gasteiger partial charge in [0.15, 0.2) is 0 Å². The Morgan fingerprint density at radius 2 is 1.59 bits per heavy atom. The van der Waals surface area contributed by atoms with Gasteiger partial charge in [0.2, 0.25) is 5.91 Å². The van der Waals surface area contributed by atoms with Crippen LogP contribution >= 0.6 is 11.6 Å². The second-order valence-electron chi connectivity index (χ2n) is 8.01. The highest BCUT2D eigenvalue weighted by atomic mass is 35.5. The topological polar surface area (TPSA) is 55.8 Å². The average molecular weight is 490 g/mol. The highest BCUT2D eigenvalue weighted by Gasteiger charge is 2.34. The standard InChI is InChI=1S/C25H23ClF3N3O2/c26-20-11-10-18(16-19(20)25(27,28)29)30-24(34)23(17-6-2-1-3-7-17)32-14-12-31(13-15-32)21-8-4-5-9-22(21)33/h1-11,16,23,33H,12-15H2,(H,30,34)/t23-/m0/s1. The number of piperazine rings is 1. The normalized spacial score (nSPS) is 15.7. The molecule has 0 bridgehead atoms. The van der Waals surface area contributed by atoms with Crippen molar-refractivity contribution in [2.75, 3.05) is 36.4 Å². The van der Waals surface area contributed by atoms with Gasteiger partial charge in [-0.2, -0.15) is 13.2 Å². The molecule has 3 aromatic carbocycles. The number of nitrogens with one attached hydrogen (secondary N) is 1. The molecule has 0 spiro atoms. The number of hydrogen-bond acceptors (Lipinski definition) is 4. The maximum absolute atomic E-state index is 13.3. The highest BCUT2D eigenvalue weighted by molar-refractivity contribution is 6.31. The van der Waals surface area contributed by atoms with Crippen molar-refractivity contribution in [1.29, 1.82) is 0 Å². The van der Waals surface area contributed by atoms with Crippen LogP contribution in [0.3, 0.4) is 0 Å². The average Bonchev–Trinajstić information content (AvgIpc) is 2.81. The van der Waals surface area contributed by atoms with E-state index in [2.05, 4.69) is 5.32 Å². The molecular formula is C25H23ClF3N3O2. The van der Waals surface area contributed by atoms with E-state index in [0.29, 0.717) is 26.2 Å². The molecule has 0 aromatic heterocycles. The molecule has 0 saturated carbocycles. The third-order valence-electron chi connectivity index (χ3n) is 5.80. The number of phenols is 1. The molecule has 2 N–H and O–H groups in total. The lowest BCUT2D eigenvalue weighted by Crippen LogP contribution is -2.50. The van der Waals surface area contributed by atoms with E-state index >= 15 is 0 Å². The molecule has 0 radical (unpaired) electrons. The van der Waals surface area contributed by atoms with Gasteiger partial charge in [0.25, 0.3) is 0 Å². The lowest BCUT2D eigenvalue weighted by Gasteiger charge is -2.39. The summed E-state index contributed by atoms with van der Waals surface area (Å²) in [6, 6.07) is 18.8. The summed E-state index contributed by atoms with van der Waals surface area (Å²) in [6.45, 7) is 2.20. The lowest BCUT2D eigenvalue weighted by atomic mass is 10.0. The monoisotopic (exact) mass is 489 g/mol. The lowest BCUT2D eigenvalue weighted by molar-refractivity contribution is -0.137. The molecule has 0 unspecified atom stereocenters. The van der Waals surface area contributed by atoms with Crippen LogP contribution in [-0.2, 0) is 11.0 Å². The van der Waals surface area contributed by atoms with Gasteiger partial charge in [0, 0.05) is 31.9 Å². The van der Waals surface area contributed by atoms with Crippen molar-refractivity contribution in [2.24, 2.45) is 0 Å². The van der Waals surface area contributed by atoms with E-state index in [4.69, 9.17) is 11.6 Å². The van der Waals surface area contributed by atoms with Crippen LogP contribution in [0.2, 0.25) is 5.02 Å². The summed E-state index contributed by atoms with van der Waals surface area (Å²) in [5.41, 5.74) is 0.486. The molecule has 178 valence electrons. The summed E-state index contributed by atoms with van der Waals surface area (Å²) < 4.78 is 39.8. The molecule has 1 amide bonds. The van der Waals surface area contributed by atoms with Crippen molar-refractivity contribution < 1.29 is 23.1 Å². The largest absolute Gasteiger partial charge is 0.506 e. The van der Waals surface area contributed by atoms with Crippen LogP contribution in [0.25, 0.3) is 0 Å². The van der Waals surface area contributed by atoms with Gasteiger partial charge in [0.1, 0.15) is 11.8 Å². The minimum atomic E-state index is -4.63. The van der Waals surface area contributed by atoms with Crippen LogP contribution in [-0.4, -0.2) is 42.1 Å². The predicted octanol–water partition coefficient (Wildman–Crippen LogP) is 5.57. The van der Waals surface area contributed by atoms with E-state index in [1.165, 1.54) is 6.07 Å². The molecule has 1 heterocycles. The molecule has 1 aliphatic heterocycles. The highest BCUT2D eigenvalue weighted by Crippen LogP contribution is 2.36. The molecular weight excluding hydrogens is 467 g/mol. The third-order valence-corrected chi connectivity index (χ3v) is 6.13. The van der Waals surface area contributed by atoms with Gasteiger partial charge in [-0.05, 0) is 35.9 Å². The van der Waals surface area contributed by atoms with Gasteiger partial charge in [-0.25, -0.2) is 0 Å². The number of anilines is 2. The Morgan fingerprint density at radius 3 is 2.24 bits per heavy atom. The molecule has 5 nitrogen and oxygen atoms in total. The number of carbonyl (C=O) groups excluding carboxylic acids is 1. The Kier molecular flexibility index (Phi) is 7.00. The number of aromatic hydroxyl groups is 1. The van der Waals surface area contributed by atoms with E-state index in [-0.39, 0.29) is 11.4 Å². The fourth-order valence-corrected chi connectivity index (χ4v) is 4.37. The van der Waals surface area contributed by atoms with E-state index < -0.39 is 28.7 Å². The summed E-state index contributed by atoms with van der Waals surface area (Å²) in [6.07, 6.45) is -4.63. The van der Waals surface area contributed by atoms with Crippen LogP contribution in [0.1, 0.15) is 17.2 Å². The summed E-state index contributed by atoms with van der Waals surface area (Å²) in [7, 11) is 0. The summed E-state index contributed by atoms with van der Waals surface area (Å²) in [4.78, 5) is 17.4.